The maximum atomic E-state index is 13.5. The molecule has 1 amide bonds. The molecule has 0 saturated carbocycles. The standard InChI is InChI=1S/C12H17FN2O2/c1-14-12(16)10-4-3-9(7-11(10)13)8-15-5-6-17-2/h3-4,7,15H,5-6,8H2,1-2H3,(H,14,16). The summed E-state index contributed by atoms with van der Waals surface area (Å²) in [4.78, 5) is 11.3. The number of methoxy groups -OCH3 is 1. The van der Waals surface area contributed by atoms with E-state index in [1.807, 2.05) is 0 Å². The van der Waals surface area contributed by atoms with Crippen molar-refractivity contribution >= 4 is 5.91 Å². The number of amides is 1. The Morgan fingerprint density at radius 2 is 2.24 bits per heavy atom. The fourth-order valence-corrected chi connectivity index (χ4v) is 1.39. The molecule has 0 radical (unpaired) electrons. The van der Waals surface area contributed by atoms with E-state index in [1.54, 1.807) is 13.2 Å². The molecule has 0 aliphatic carbocycles. The molecule has 0 heterocycles. The van der Waals surface area contributed by atoms with E-state index in [0.717, 1.165) is 5.56 Å². The van der Waals surface area contributed by atoms with Crippen molar-refractivity contribution in [2.45, 2.75) is 6.54 Å². The topological polar surface area (TPSA) is 50.4 Å². The summed E-state index contributed by atoms with van der Waals surface area (Å²) in [5.41, 5.74) is 0.861. The summed E-state index contributed by atoms with van der Waals surface area (Å²) >= 11 is 0. The first-order chi connectivity index (χ1) is 8.19. The monoisotopic (exact) mass is 240 g/mol. The molecule has 1 rings (SSSR count). The Morgan fingerprint density at radius 1 is 1.47 bits per heavy atom. The van der Waals surface area contributed by atoms with Crippen molar-refractivity contribution in [3.8, 4) is 0 Å². The van der Waals surface area contributed by atoms with Gasteiger partial charge >= 0.3 is 0 Å². The van der Waals surface area contributed by atoms with Gasteiger partial charge in [0.1, 0.15) is 5.82 Å². The van der Waals surface area contributed by atoms with Crippen LogP contribution in [0.2, 0.25) is 0 Å². The number of hydrogen-bond acceptors (Lipinski definition) is 3. The van der Waals surface area contributed by atoms with Gasteiger partial charge in [0, 0.05) is 27.2 Å². The minimum Gasteiger partial charge on any atom is -0.383 e. The molecule has 4 nitrogen and oxygen atoms in total. The molecule has 0 bridgehead atoms. The number of halogens is 1. The summed E-state index contributed by atoms with van der Waals surface area (Å²) in [7, 11) is 3.10. The van der Waals surface area contributed by atoms with Gasteiger partial charge in [-0.1, -0.05) is 6.07 Å². The van der Waals surface area contributed by atoms with Crippen LogP contribution in [0, 0.1) is 5.82 Å². The highest BCUT2D eigenvalue weighted by Crippen LogP contribution is 2.10. The molecular weight excluding hydrogens is 223 g/mol. The van der Waals surface area contributed by atoms with Gasteiger partial charge < -0.3 is 15.4 Å². The largest absolute Gasteiger partial charge is 0.383 e. The number of rotatable bonds is 6. The third-order valence-corrected chi connectivity index (χ3v) is 2.32. The Bertz CT molecular complexity index is 383. The predicted molar refractivity (Wildman–Crippen MR) is 63.4 cm³/mol. The van der Waals surface area contributed by atoms with Crippen molar-refractivity contribution in [3.63, 3.8) is 0 Å². The molecular formula is C12H17FN2O2. The van der Waals surface area contributed by atoms with Gasteiger partial charge in [0.2, 0.25) is 0 Å². The summed E-state index contributed by atoms with van der Waals surface area (Å²) in [5, 5.41) is 5.49. The van der Waals surface area contributed by atoms with Crippen molar-refractivity contribution in [2.75, 3.05) is 27.3 Å². The van der Waals surface area contributed by atoms with Gasteiger partial charge in [0.25, 0.3) is 5.91 Å². The summed E-state index contributed by atoms with van der Waals surface area (Å²) in [6.45, 7) is 1.86. The van der Waals surface area contributed by atoms with E-state index in [1.165, 1.54) is 19.2 Å². The normalized spacial score (nSPS) is 10.3. The third-order valence-electron chi connectivity index (χ3n) is 2.32. The lowest BCUT2D eigenvalue weighted by Gasteiger charge is -2.06. The highest BCUT2D eigenvalue weighted by Gasteiger charge is 2.09. The molecule has 0 unspecified atom stereocenters. The second-order valence-corrected chi connectivity index (χ2v) is 3.56. The fraction of sp³-hybridized carbons (Fsp3) is 0.417. The van der Waals surface area contributed by atoms with E-state index in [-0.39, 0.29) is 5.56 Å². The lowest BCUT2D eigenvalue weighted by atomic mass is 10.1. The van der Waals surface area contributed by atoms with E-state index in [0.29, 0.717) is 19.7 Å². The number of benzene rings is 1. The van der Waals surface area contributed by atoms with Crippen molar-refractivity contribution in [2.24, 2.45) is 0 Å². The van der Waals surface area contributed by atoms with Crippen LogP contribution in [0.25, 0.3) is 0 Å². The first-order valence-electron chi connectivity index (χ1n) is 5.39. The van der Waals surface area contributed by atoms with Crippen LogP contribution >= 0.6 is 0 Å². The van der Waals surface area contributed by atoms with Crippen LogP contribution in [-0.4, -0.2) is 33.2 Å². The van der Waals surface area contributed by atoms with Gasteiger partial charge in [0.15, 0.2) is 0 Å². The van der Waals surface area contributed by atoms with Gasteiger partial charge in [-0.15, -0.1) is 0 Å². The quantitative estimate of drug-likeness (QED) is 0.727. The van der Waals surface area contributed by atoms with Crippen LogP contribution in [0.5, 0.6) is 0 Å². The van der Waals surface area contributed by atoms with Gasteiger partial charge in [-0.2, -0.15) is 0 Å². The average molecular weight is 240 g/mol. The SMILES string of the molecule is CNC(=O)c1ccc(CNCCOC)cc1F. The Balaban J connectivity index is 2.59. The summed E-state index contributed by atoms with van der Waals surface area (Å²) in [5.74, 6) is -0.920. The van der Waals surface area contributed by atoms with Crippen LogP contribution in [0.3, 0.4) is 0 Å². The molecule has 2 N–H and O–H groups in total. The molecule has 17 heavy (non-hydrogen) atoms. The Labute approximate surface area is 100 Å². The van der Waals surface area contributed by atoms with Crippen LogP contribution in [-0.2, 0) is 11.3 Å². The van der Waals surface area contributed by atoms with Gasteiger partial charge in [-0.05, 0) is 17.7 Å². The maximum Gasteiger partial charge on any atom is 0.253 e. The molecule has 0 spiro atoms. The van der Waals surface area contributed by atoms with E-state index in [2.05, 4.69) is 10.6 Å². The van der Waals surface area contributed by atoms with Crippen LogP contribution in [0.15, 0.2) is 18.2 Å². The molecule has 0 saturated heterocycles. The number of ether oxygens (including phenoxy) is 1. The second kappa shape index (κ2) is 6.98. The highest BCUT2D eigenvalue weighted by molar-refractivity contribution is 5.94. The van der Waals surface area contributed by atoms with E-state index in [4.69, 9.17) is 4.74 Å². The Kier molecular flexibility index (Phi) is 5.59. The zero-order valence-corrected chi connectivity index (χ0v) is 10.0. The van der Waals surface area contributed by atoms with Crippen molar-refractivity contribution < 1.29 is 13.9 Å². The highest BCUT2D eigenvalue weighted by atomic mass is 19.1. The molecule has 0 aliphatic rings. The number of carbonyl (C=O) groups excluding carboxylic acids is 1. The zero-order chi connectivity index (χ0) is 12.7. The minimum atomic E-state index is -0.504. The first-order valence-corrected chi connectivity index (χ1v) is 5.39. The van der Waals surface area contributed by atoms with Gasteiger partial charge in [0.05, 0.1) is 12.2 Å². The van der Waals surface area contributed by atoms with Crippen molar-refractivity contribution in [1.29, 1.82) is 0 Å². The summed E-state index contributed by atoms with van der Waals surface area (Å²) in [6.07, 6.45) is 0. The minimum absolute atomic E-state index is 0.0631. The molecule has 0 atom stereocenters. The summed E-state index contributed by atoms with van der Waals surface area (Å²) < 4.78 is 18.4. The lowest BCUT2D eigenvalue weighted by molar-refractivity contribution is 0.0959. The van der Waals surface area contributed by atoms with Crippen LogP contribution in [0.1, 0.15) is 15.9 Å². The predicted octanol–water partition coefficient (Wildman–Crippen LogP) is 0.921. The molecule has 0 aliphatic heterocycles. The fourth-order valence-electron chi connectivity index (χ4n) is 1.39. The van der Waals surface area contributed by atoms with E-state index >= 15 is 0 Å². The zero-order valence-electron chi connectivity index (χ0n) is 10.0. The van der Waals surface area contributed by atoms with E-state index in [9.17, 15) is 9.18 Å². The van der Waals surface area contributed by atoms with Crippen molar-refractivity contribution in [1.82, 2.24) is 10.6 Å². The number of hydrogen-bond donors (Lipinski definition) is 2. The van der Waals surface area contributed by atoms with E-state index < -0.39 is 11.7 Å². The summed E-state index contributed by atoms with van der Waals surface area (Å²) in [6, 6.07) is 4.58. The van der Waals surface area contributed by atoms with Crippen LogP contribution in [0.4, 0.5) is 4.39 Å². The lowest BCUT2D eigenvalue weighted by Crippen LogP contribution is -2.21. The molecule has 0 fully saturated rings. The molecule has 0 aromatic heterocycles. The number of carbonyl (C=O) groups is 1. The smallest absolute Gasteiger partial charge is 0.253 e. The average Bonchev–Trinajstić information content (AvgIpc) is 2.34. The molecule has 5 heteroatoms. The van der Waals surface area contributed by atoms with Crippen molar-refractivity contribution in [3.05, 3.63) is 35.1 Å². The third kappa shape index (κ3) is 4.13. The molecule has 1 aromatic carbocycles. The Hall–Kier alpha value is -1.46. The number of nitrogens with one attached hydrogen (secondary N) is 2. The molecule has 94 valence electrons. The second-order valence-electron chi connectivity index (χ2n) is 3.56. The maximum absolute atomic E-state index is 13.5. The Morgan fingerprint density at radius 3 is 2.82 bits per heavy atom. The molecule has 1 aromatic rings. The first kappa shape index (κ1) is 13.6. The van der Waals surface area contributed by atoms with Gasteiger partial charge in [-0.3, -0.25) is 4.79 Å². The van der Waals surface area contributed by atoms with Gasteiger partial charge in [-0.25, -0.2) is 4.39 Å². The van der Waals surface area contributed by atoms with Crippen LogP contribution < -0.4 is 10.6 Å².